The molecule has 0 unspecified atom stereocenters. The van der Waals surface area contributed by atoms with Crippen molar-refractivity contribution in [3.8, 4) is 0 Å². The Hall–Kier alpha value is -1.58. The average Bonchev–Trinajstić information content (AvgIpc) is 2.84. The summed E-state index contributed by atoms with van der Waals surface area (Å²) < 4.78 is 5.50. The fraction of sp³-hybridized carbons (Fsp3) is 0.684. The minimum atomic E-state index is -0.447. The summed E-state index contributed by atoms with van der Waals surface area (Å²) in [6, 6.07) is 0. The van der Waals surface area contributed by atoms with Crippen molar-refractivity contribution in [2.75, 3.05) is 0 Å². The van der Waals surface area contributed by atoms with Gasteiger partial charge in [-0.05, 0) is 38.7 Å². The van der Waals surface area contributed by atoms with Gasteiger partial charge in [0.15, 0.2) is 17.8 Å². The molecule has 130 valence electrons. The zero-order valence-corrected chi connectivity index (χ0v) is 14.8. The van der Waals surface area contributed by atoms with Crippen LogP contribution in [0, 0.1) is 0 Å². The summed E-state index contributed by atoms with van der Waals surface area (Å²) in [4.78, 5) is 23.7. The van der Waals surface area contributed by atoms with E-state index in [2.05, 4.69) is 19.2 Å². The van der Waals surface area contributed by atoms with Gasteiger partial charge in [0.1, 0.15) is 0 Å². The van der Waals surface area contributed by atoms with Gasteiger partial charge in [-0.1, -0.05) is 51.5 Å². The summed E-state index contributed by atoms with van der Waals surface area (Å²) in [5.41, 5.74) is 1.08. The van der Waals surface area contributed by atoms with Crippen LogP contribution in [0.5, 0.6) is 0 Å². The van der Waals surface area contributed by atoms with Gasteiger partial charge in [-0.15, -0.1) is 0 Å². The molecule has 0 aromatic rings. The van der Waals surface area contributed by atoms with Crippen LogP contribution in [0.2, 0.25) is 0 Å². The number of rotatable bonds is 11. The SMILES string of the molecule is CCCCCCC/C(C)=C/C(=O)/C=C1\NC(=O)[C@@H](CCCC)O1. The second kappa shape index (κ2) is 11.0. The summed E-state index contributed by atoms with van der Waals surface area (Å²) in [6.07, 6.45) is 12.3. The molecular weight excluding hydrogens is 290 g/mol. The molecule has 1 rings (SSSR count). The summed E-state index contributed by atoms with van der Waals surface area (Å²) in [5.74, 6) is 0.0183. The van der Waals surface area contributed by atoms with Gasteiger partial charge in [0.05, 0.1) is 0 Å². The second-order valence-electron chi connectivity index (χ2n) is 6.30. The Morgan fingerprint density at radius 2 is 1.83 bits per heavy atom. The van der Waals surface area contributed by atoms with Crippen molar-refractivity contribution in [1.82, 2.24) is 5.32 Å². The third-order valence-corrected chi connectivity index (χ3v) is 3.96. The molecule has 0 aromatic carbocycles. The quantitative estimate of drug-likeness (QED) is 0.453. The molecule has 0 aromatic heterocycles. The maximum atomic E-state index is 12.0. The van der Waals surface area contributed by atoms with Crippen molar-refractivity contribution in [1.29, 1.82) is 0 Å². The number of ether oxygens (including phenoxy) is 1. The Kier molecular flexibility index (Phi) is 9.34. The smallest absolute Gasteiger partial charge is 0.267 e. The maximum Gasteiger partial charge on any atom is 0.267 e. The molecule has 1 saturated heterocycles. The molecule has 1 aliphatic rings. The van der Waals surface area contributed by atoms with Crippen LogP contribution in [0.4, 0.5) is 0 Å². The Bertz CT molecular complexity index is 452. The van der Waals surface area contributed by atoms with E-state index >= 15 is 0 Å². The van der Waals surface area contributed by atoms with Crippen LogP contribution in [0.25, 0.3) is 0 Å². The molecule has 23 heavy (non-hydrogen) atoms. The van der Waals surface area contributed by atoms with Crippen molar-refractivity contribution in [3.63, 3.8) is 0 Å². The zero-order valence-electron chi connectivity index (χ0n) is 14.8. The Morgan fingerprint density at radius 3 is 2.52 bits per heavy atom. The highest BCUT2D eigenvalue weighted by Crippen LogP contribution is 2.16. The number of ketones is 1. The molecule has 1 heterocycles. The predicted octanol–water partition coefficient (Wildman–Crippen LogP) is 4.41. The molecule has 0 spiro atoms. The van der Waals surface area contributed by atoms with E-state index in [1.807, 2.05) is 6.92 Å². The van der Waals surface area contributed by atoms with E-state index < -0.39 is 6.10 Å². The molecule has 0 aliphatic carbocycles. The first kappa shape index (κ1) is 19.5. The molecule has 1 atom stereocenters. The summed E-state index contributed by atoms with van der Waals surface area (Å²) in [5, 5.41) is 2.63. The van der Waals surface area contributed by atoms with Crippen molar-refractivity contribution in [3.05, 3.63) is 23.6 Å². The number of amides is 1. The predicted molar refractivity (Wildman–Crippen MR) is 92.8 cm³/mol. The van der Waals surface area contributed by atoms with E-state index in [0.29, 0.717) is 6.42 Å². The lowest BCUT2D eigenvalue weighted by molar-refractivity contribution is -0.123. The third kappa shape index (κ3) is 8.00. The molecule has 0 bridgehead atoms. The van der Waals surface area contributed by atoms with Crippen molar-refractivity contribution in [2.45, 2.75) is 84.7 Å². The van der Waals surface area contributed by atoms with Crippen LogP contribution in [0.1, 0.15) is 78.6 Å². The van der Waals surface area contributed by atoms with Crippen LogP contribution in [0.3, 0.4) is 0 Å². The van der Waals surface area contributed by atoms with Gasteiger partial charge >= 0.3 is 0 Å². The van der Waals surface area contributed by atoms with Crippen LogP contribution >= 0.6 is 0 Å². The summed E-state index contributed by atoms with van der Waals surface area (Å²) >= 11 is 0. The first-order valence-corrected chi connectivity index (χ1v) is 8.97. The van der Waals surface area contributed by atoms with Crippen molar-refractivity contribution in [2.24, 2.45) is 0 Å². The lowest BCUT2D eigenvalue weighted by atomic mass is 10.1. The lowest BCUT2D eigenvalue weighted by Crippen LogP contribution is -2.22. The van der Waals surface area contributed by atoms with Gasteiger partial charge in [-0.25, -0.2) is 0 Å². The number of hydrogen-bond acceptors (Lipinski definition) is 3. The van der Waals surface area contributed by atoms with Crippen LogP contribution in [-0.4, -0.2) is 17.8 Å². The first-order valence-electron chi connectivity index (χ1n) is 8.97. The molecule has 1 aliphatic heterocycles. The van der Waals surface area contributed by atoms with Gasteiger partial charge in [-0.3, -0.25) is 14.9 Å². The van der Waals surface area contributed by atoms with E-state index in [-0.39, 0.29) is 17.6 Å². The van der Waals surface area contributed by atoms with Crippen LogP contribution < -0.4 is 5.32 Å². The molecular formula is C19H31NO3. The topological polar surface area (TPSA) is 55.4 Å². The van der Waals surface area contributed by atoms with Gasteiger partial charge in [0, 0.05) is 6.08 Å². The summed E-state index contributed by atoms with van der Waals surface area (Å²) in [6.45, 7) is 6.26. The largest absolute Gasteiger partial charge is 0.465 e. The van der Waals surface area contributed by atoms with Gasteiger partial charge < -0.3 is 4.74 Å². The maximum absolute atomic E-state index is 12.0. The number of unbranched alkanes of at least 4 members (excludes halogenated alkanes) is 5. The third-order valence-electron chi connectivity index (χ3n) is 3.96. The fourth-order valence-electron chi connectivity index (χ4n) is 2.58. The van der Waals surface area contributed by atoms with Crippen LogP contribution in [0.15, 0.2) is 23.6 Å². The standard InChI is InChI=1S/C19H31NO3/c1-4-6-8-9-10-11-15(3)13-16(21)14-18-20-19(22)17(23-18)12-7-5-2/h13-14,17H,4-12H2,1-3H3,(H,20,22)/b15-13+,18-14+/t17-/m1/s1. The Morgan fingerprint density at radius 1 is 1.13 bits per heavy atom. The number of carbonyl (C=O) groups is 2. The monoisotopic (exact) mass is 321 g/mol. The average molecular weight is 321 g/mol. The Labute approximate surface area is 140 Å². The molecule has 4 heteroatoms. The minimum Gasteiger partial charge on any atom is -0.465 e. The molecule has 4 nitrogen and oxygen atoms in total. The van der Waals surface area contributed by atoms with Crippen LogP contribution in [-0.2, 0) is 14.3 Å². The number of nitrogens with one attached hydrogen (secondary N) is 1. The molecule has 1 amide bonds. The fourth-order valence-corrected chi connectivity index (χ4v) is 2.58. The number of carbonyl (C=O) groups excluding carboxylic acids is 2. The number of hydrogen-bond donors (Lipinski definition) is 1. The van der Waals surface area contributed by atoms with E-state index in [0.717, 1.165) is 31.3 Å². The highest BCUT2D eigenvalue weighted by Gasteiger charge is 2.29. The summed E-state index contributed by atoms with van der Waals surface area (Å²) in [7, 11) is 0. The minimum absolute atomic E-state index is 0.123. The second-order valence-corrected chi connectivity index (χ2v) is 6.30. The van der Waals surface area contributed by atoms with E-state index in [9.17, 15) is 9.59 Å². The van der Waals surface area contributed by atoms with Gasteiger partial charge in [-0.2, -0.15) is 0 Å². The van der Waals surface area contributed by atoms with Crippen molar-refractivity contribution >= 4 is 11.7 Å². The molecule has 1 fully saturated rings. The van der Waals surface area contributed by atoms with E-state index in [1.165, 1.54) is 31.8 Å². The molecule has 0 radical (unpaired) electrons. The molecule has 0 saturated carbocycles. The van der Waals surface area contributed by atoms with E-state index in [1.54, 1.807) is 6.08 Å². The highest BCUT2D eigenvalue weighted by molar-refractivity contribution is 6.00. The zero-order chi connectivity index (χ0) is 17.1. The highest BCUT2D eigenvalue weighted by atomic mass is 16.5. The van der Waals surface area contributed by atoms with Crippen molar-refractivity contribution < 1.29 is 14.3 Å². The number of allylic oxidation sites excluding steroid dienone is 3. The first-order chi connectivity index (χ1) is 11.1. The van der Waals surface area contributed by atoms with Gasteiger partial charge in [0.25, 0.3) is 5.91 Å². The molecule has 1 N–H and O–H groups in total. The van der Waals surface area contributed by atoms with Gasteiger partial charge in [0.2, 0.25) is 0 Å². The lowest BCUT2D eigenvalue weighted by Gasteiger charge is -2.05. The Balaban J connectivity index is 2.39. The normalized spacial score (nSPS) is 19.8. The van der Waals surface area contributed by atoms with E-state index in [4.69, 9.17) is 4.74 Å².